The van der Waals surface area contributed by atoms with Crippen LogP contribution in [-0.2, 0) is 6.42 Å². The maximum atomic E-state index is 6.07. The van der Waals surface area contributed by atoms with Gasteiger partial charge in [-0.15, -0.1) is 0 Å². The third-order valence-corrected chi connectivity index (χ3v) is 4.49. The van der Waals surface area contributed by atoms with Crippen LogP contribution in [0.25, 0.3) is 0 Å². The van der Waals surface area contributed by atoms with E-state index in [0.717, 1.165) is 37.4 Å². The van der Waals surface area contributed by atoms with Crippen molar-refractivity contribution in [3.63, 3.8) is 0 Å². The van der Waals surface area contributed by atoms with Crippen molar-refractivity contribution in [2.24, 2.45) is 0 Å². The van der Waals surface area contributed by atoms with Gasteiger partial charge in [0.25, 0.3) is 0 Å². The highest BCUT2D eigenvalue weighted by atomic mass is 16.5. The third-order valence-electron chi connectivity index (χ3n) is 4.49. The molecule has 0 saturated heterocycles. The van der Waals surface area contributed by atoms with E-state index in [9.17, 15) is 0 Å². The Kier molecular flexibility index (Phi) is 7.58. The molecule has 0 amide bonds. The van der Waals surface area contributed by atoms with Crippen molar-refractivity contribution >= 4 is 5.69 Å². The number of anilines is 1. The highest BCUT2D eigenvalue weighted by Gasteiger charge is 2.10. The van der Waals surface area contributed by atoms with Gasteiger partial charge in [0.2, 0.25) is 0 Å². The molecule has 1 aromatic rings. The summed E-state index contributed by atoms with van der Waals surface area (Å²) in [4.78, 5) is 0. The van der Waals surface area contributed by atoms with Crippen LogP contribution in [0.1, 0.15) is 63.9 Å². The van der Waals surface area contributed by atoms with Gasteiger partial charge in [-0.2, -0.15) is 0 Å². The largest absolute Gasteiger partial charge is 0.491 e. The van der Waals surface area contributed by atoms with Gasteiger partial charge in [0.15, 0.2) is 0 Å². The van der Waals surface area contributed by atoms with E-state index in [1.54, 1.807) is 0 Å². The van der Waals surface area contributed by atoms with Gasteiger partial charge in [0.1, 0.15) is 5.75 Å². The monoisotopic (exact) mass is 304 g/mol. The molecular weight excluding hydrogens is 272 g/mol. The van der Waals surface area contributed by atoms with Crippen molar-refractivity contribution in [3.8, 4) is 5.75 Å². The molecular formula is C19H32N2O. The number of hydrogen-bond donors (Lipinski definition) is 2. The fraction of sp³-hybridized carbons (Fsp3) is 0.684. The molecule has 0 radical (unpaired) electrons. The van der Waals surface area contributed by atoms with Gasteiger partial charge in [0, 0.05) is 6.04 Å². The van der Waals surface area contributed by atoms with Crippen molar-refractivity contribution in [1.29, 1.82) is 0 Å². The van der Waals surface area contributed by atoms with Crippen LogP contribution in [0, 0.1) is 0 Å². The summed E-state index contributed by atoms with van der Waals surface area (Å²) in [5.41, 5.74) is 8.12. The molecule has 1 fully saturated rings. The van der Waals surface area contributed by atoms with Gasteiger partial charge >= 0.3 is 0 Å². The summed E-state index contributed by atoms with van der Waals surface area (Å²) in [5.74, 6) is 0.818. The van der Waals surface area contributed by atoms with Crippen LogP contribution in [0.2, 0.25) is 0 Å². The van der Waals surface area contributed by atoms with Crippen LogP contribution in [-0.4, -0.2) is 19.2 Å². The Bertz CT molecular complexity index is 425. The normalized spacial score (nSPS) is 17.0. The molecule has 2 rings (SSSR count). The van der Waals surface area contributed by atoms with E-state index < -0.39 is 0 Å². The molecule has 3 heteroatoms. The molecule has 0 unspecified atom stereocenters. The average molecular weight is 304 g/mol. The number of nitrogen functional groups attached to an aromatic ring is 1. The lowest BCUT2D eigenvalue weighted by atomic mass is 9.96. The minimum absolute atomic E-state index is 0.713. The molecule has 0 atom stereocenters. The van der Waals surface area contributed by atoms with Gasteiger partial charge in [-0.3, -0.25) is 0 Å². The molecule has 0 aliphatic heterocycles. The Balaban J connectivity index is 1.75. The lowest BCUT2D eigenvalue weighted by molar-refractivity contribution is 0.319. The van der Waals surface area contributed by atoms with E-state index in [-0.39, 0.29) is 0 Å². The molecule has 0 heterocycles. The number of hydrogen-bond acceptors (Lipinski definition) is 3. The number of ether oxygens (including phenoxy) is 1. The average Bonchev–Trinajstić information content (AvgIpc) is 2.48. The van der Waals surface area contributed by atoms with Gasteiger partial charge in [-0.1, -0.05) is 45.1 Å². The predicted octanol–water partition coefficient (Wildman–Crippen LogP) is 4.30. The Hall–Kier alpha value is -1.22. The van der Waals surface area contributed by atoms with E-state index >= 15 is 0 Å². The highest BCUT2D eigenvalue weighted by Crippen LogP contribution is 2.23. The van der Waals surface area contributed by atoms with Gasteiger partial charge in [-0.25, -0.2) is 0 Å². The molecule has 1 aliphatic carbocycles. The van der Waals surface area contributed by atoms with Gasteiger partial charge in [-0.05, 0) is 49.9 Å². The summed E-state index contributed by atoms with van der Waals surface area (Å²) in [5, 5.41) is 3.73. The van der Waals surface area contributed by atoms with Crippen molar-refractivity contribution < 1.29 is 4.74 Å². The van der Waals surface area contributed by atoms with Crippen molar-refractivity contribution in [1.82, 2.24) is 5.32 Å². The van der Waals surface area contributed by atoms with E-state index in [4.69, 9.17) is 10.5 Å². The minimum atomic E-state index is 0.713. The summed E-state index contributed by atoms with van der Waals surface area (Å²) in [6, 6.07) is 6.92. The summed E-state index contributed by atoms with van der Waals surface area (Å²) in [6.07, 6.45) is 11.7. The number of nitrogens with one attached hydrogen (secondary N) is 1. The molecule has 124 valence electrons. The molecule has 3 nitrogen and oxygen atoms in total. The van der Waals surface area contributed by atoms with Crippen molar-refractivity contribution in [3.05, 3.63) is 23.8 Å². The SMILES string of the molecule is CCCOc1ccc(CCNC2CCCCCCC2)cc1N. The Labute approximate surface area is 135 Å². The second kappa shape index (κ2) is 9.73. The highest BCUT2D eigenvalue weighted by molar-refractivity contribution is 5.54. The van der Waals surface area contributed by atoms with Crippen LogP contribution in [0.5, 0.6) is 5.75 Å². The Morgan fingerprint density at radius 3 is 2.55 bits per heavy atom. The molecule has 22 heavy (non-hydrogen) atoms. The maximum Gasteiger partial charge on any atom is 0.142 e. The molecule has 3 N–H and O–H groups in total. The zero-order chi connectivity index (χ0) is 15.6. The fourth-order valence-corrected chi connectivity index (χ4v) is 3.18. The number of rotatable bonds is 7. The zero-order valence-corrected chi connectivity index (χ0v) is 14.1. The Morgan fingerprint density at radius 1 is 1.14 bits per heavy atom. The van der Waals surface area contributed by atoms with Crippen LogP contribution in [0.15, 0.2) is 18.2 Å². The van der Waals surface area contributed by atoms with E-state index in [1.807, 2.05) is 6.07 Å². The number of nitrogens with two attached hydrogens (primary N) is 1. The predicted molar refractivity (Wildman–Crippen MR) is 94.5 cm³/mol. The zero-order valence-electron chi connectivity index (χ0n) is 14.1. The minimum Gasteiger partial charge on any atom is -0.491 e. The number of benzene rings is 1. The van der Waals surface area contributed by atoms with Gasteiger partial charge in [0.05, 0.1) is 12.3 Å². The van der Waals surface area contributed by atoms with Crippen LogP contribution in [0.4, 0.5) is 5.69 Å². The first-order valence-corrected chi connectivity index (χ1v) is 9.04. The molecule has 1 saturated carbocycles. The smallest absolute Gasteiger partial charge is 0.142 e. The fourth-order valence-electron chi connectivity index (χ4n) is 3.18. The van der Waals surface area contributed by atoms with E-state index in [1.165, 1.54) is 50.5 Å². The van der Waals surface area contributed by atoms with Crippen LogP contribution in [0.3, 0.4) is 0 Å². The van der Waals surface area contributed by atoms with E-state index in [2.05, 4.69) is 24.4 Å². The summed E-state index contributed by atoms with van der Waals surface area (Å²) < 4.78 is 5.63. The molecule has 0 spiro atoms. The molecule has 1 aliphatic rings. The van der Waals surface area contributed by atoms with Crippen LogP contribution < -0.4 is 15.8 Å². The maximum absolute atomic E-state index is 6.07. The second-order valence-electron chi connectivity index (χ2n) is 6.47. The lowest BCUT2D eigenvalue weighted by Gasteiger charge is -2.21. The standard InChI is InChI=1S/C19H32N2O/c1-2-14-22-19-11-10-16(15-18(19)20)12-13-21-17-8-6-4-3-5-7-9-17/h10-11,15,17,21H,2-9,12-14,20H2,1H3. The first-order chi connectivity index (χ1) is 10.8. The molecule has 0 aromatic heterocycles. The summed E-state index contributed by atoms with van der Waals surface area (Å²) in [6.45, 7) is 3.87. The molecule has 0 bridgehead atoms. The summed E-state index contributed by atoms with van der Waals surface area (Å²) in [7, 11) is 0. The van der Waals surface area contributed by atoms with Crippen molar-refractivity contribution in [2.75, 3.05) is 18.9 Å². The first-order valence-electron chi connectivity index (χ1n) is 9.04. The van der Waals surface area contributed by atoms with E-state index in [0.29, 0.717) is 6.04 Å². The lowest BCUT2D eigenvalue weighted by Crippen LogP contribution is -2.31. The van der Waals surface area contributed by atoms with Gasteiger partial charge < -0.3 is 15.8 Å². The second-order valence-corrected chi connectivity index (χ2v) is 6.47. The van der Waals surface area contributed by atoms with Crippen LogP contribution >= 0.6 is 0 Å². The third kappa shape index (κ3) is 5.88. The first kappa shape index (κ1) is 17.1. The molecule has 1 aromatic carbocycles. The van der Waals surface area contributed by atoms with Crippen molar-refractivity contribution in [2.45, 2.75) is 70.8 Å². The topological polar surface area (TPSA) is 47.3 Å². The summed E-state index contributed by atoms with van der Waals surface area (Å²) >= 11 is 0. The Morgan fingerprint density at radius 2 is 1.86 bits per heavy atom. The quantitative estimate of drug-likeness (QED) is 0.738.